The molecular weight excluding hydrogens is 189 g/mol. The molecule has 0 amide bonds. The van der Waals surface area contributed by atoms with Crippen LogP contribution in [0.15, 0.2) is 22.0 Å². The van der Waals surface area contributed by atoms with E-state index in [1.165, 1.54) is 13.2 Å². The van der Waals surface area contributed by atoms with E-state index in [4.69, 9.17) is 10.7 Å². The van der Waals surface area contributed by atoms with Crippen LogP contribution < -0.4 is 5.56 Å². The van der Waals surface area contributed by atoms with Crippen molar-refractivity contribution >= 4 is 21.7 Å². The van der Waals surface area contributed by atoms with Gasteiger partial charge in [-0.1, -0.05) is 0 Å². The number of nitrogens with zero attached hydrogens (tertiary/aromatic N) is 1. The third-order valence-corrected chi connectivity index (χ3v) is 2.14. The molecule has 0 fully saturated rings. The fraction of sp³-hybridized carbons (Fsp3) is 0.167. The van der Waals surface area contributed by atoms with Crippen molar-refractivity contribution in [1.82, 2.24) is 4.57 Å². The number of hydrogen-bond acceptors (Lipinski definition) is 2. The number of aromatic nitrogens is 1. The maximum Gasteiger partial charge on any atom is 0.286 e. The average Bonchev–Trinajstić information content (AvgIpc) is 1.99. The largest absolute Gasteiger partial charge is 0.315 e. The standard InChI is InChI=1S/C6H5ClFNOS/c1-9-3-4(11-7)2-5(8)6(9)10/h2-3H,1H3. The first-order valence-electron chi connectivity index (χ1n) is 2.80. The van der Waals surface area contributed by atoms with Crippen LogP contribution >= 0.6 is 21.7 Å². The zero-order valence-corrected chi connectivity index (χ0v) is 7.25. The van der Waals surface area contributed by atoms with Gasteiger partial charge in [0.15, 0.2) is 5.82 Å². The summed E-state index contributed by atoms with van der Waals surface area (Å²) in [6.07, 6.45) is 1.48. The highest BCUT2D eigenvalue weighted by atomic mass is 35.7. The molecule has 0 unspecified atom stereocenters. The van der Waals surface area contributed by atoms with Crippen LogP contribution in [0.3, 0.4) is 0 Å². The highest BCUT2D eigenvalue weighted by molar-refractivity contribution is 8.21. The van der Waals surface area contributed by atoms with Gasteiger partial charge in [0.25, 0.3) is 5.56 Å². The highest BCUT2D eigenvalue weighted by Crippen LogP contribution is 2.20. The zero-order chi connectivity index (χ0) is 8.43. The smallest absolute Gasteiger partial charge is 0.286 e. The first-order valence-corrected chi connectivity index (χ1v) is 4.44. The lowest BCUT2D eigenvalue weighted by molar-refractivity contribution is 0.584. The monoisotopic (exact) mass is 193 g/mol. The van der Waals surface area contributed by atoms with Crippen LogP contribution in [-0.2, 0) is 7.05 Å². The van der Waals surface area contributed by atoms with Gasteiger partial charge < -0.3 is 4.57 Å². The fourth-order valence-electron chi connectivity index (χ4n) is 0.684. The van der Waals surface area contributed by atoms with E-state index in [9.17, 15) is 9.18 Å². The van der Waals surface area contributed by atoms with Crippen LogP contribution in [0.5, 0.6) is 0 Å². The molecule has 0 radical (unpaired) electrons. The molecular formula is C6H5ClFNOS. The second kappa shape index (κ2) is 3.28. The van der Waals surface area contributed by atoms with E-state index in [1.54, 1.807) is 0 Å². The number of halogens is 2. The van der Waals surface area contributed by atoms with Crippen molar-refractivity contribution in [3.63, 3.8) is 0 Å². The van der Waals surface area contributed by atoms with Crippen LogP contribution in [0.2, 0.25) is 0 Å². The Bertz CT molecular complexity index is 299. The average molecular weight is 194 g/mol. The molecule has 1 heterocycles. The summed E-state index contributed by atoms with van der Waals surface area (Å²) in [5.41, 5.74) is -0.639. The lowest BCUT2D eigenvalue weighted by Gasteiger charge is -1.98. The molecule has 1 rings (SSSR count). The molecule has 11 heavy (non-hydrogen) atoms. The summed E-state index contributed by atoms with van der Waals surface area (Å²) in [5, 5.41) is 0. The number of pyridine rings is 1. The molecule has 1 aromatic rings. The quantitative estimate of drug-likeness (QED) is 0.678. The summed E-state index contributed by atoms with van der Waals surface area (Å²) in [7, 11) is 7.71. The van der Waals surface area contributed by atoms with Crippen molar-refractivity contribution in [1.29, 1.82) is 0 Å². The van der Waals surface area contributed by atoms with Crippen LogP contribution in [-0.4, -0.2) is 4.57 Å². The molecule has 0 atom stereocenters. The first kappa shape index (κ1) is 8.62. The minimum atomic E-state index is -0.779. The van der Waals surface area contributed by atoms with E-state index >= 15 is 0 Å². The Morgan fingerprint density at radius 1 is 1.73 bits per heavy atom. The molecule has 2 nitrogen and oxygen atoms in total. The fourth-order valence-corrected chi connectivity index (χ4v) is 1.28. The summed E-state index contributed by atoms with van der Waals surface area (Å²) in [6, 6.07) is 1.11. The van der Waals surface area contributed by atoms with Crippen LogP contribution in [0.4, 0.5) is 4.39 Å². The van der Waals surface area contributed by atoms with Gasteiger partial charge in [-0.15, -0.1) is 0 Å². The Labute approximate surface area is 71.5 Å². The van der Waals surface area contributed by atoms with E-state index in [1.807, 2.05) is 0 Å². The normalized spacial score (nSPS) is 10.1. The Morgan fingerprint density at radius 3 is 2.82 bits per heavy atom. The maximum atomic E-state index is 12.6. The van der Waals surface area contributed by atoms with Gasteiger partial charge in [0.05, 0.1) is 0 Å². The lowest BCUT2D eigenvalue weighted by Crippen LogP contribution is -2.19. The first-order chi connectivity index (χ1) is 5.15. The topological polar surface area (TPSA) is 22.0 Å². The van der Waals surface area contributed by atoms with Crippen molar-refractivity contribution in [3.05, 3.63) is 28.4 Å². The summed E-state index contributed by atoms with van der Waals surface area (Å²) >= 11 is 0. The maximum absolute atomic E-state index is 12.6. The van der Waals surface area contributed by atoms with Crippen LogP contribution in [0.1, 0.15) is 0 Å². The van der Waals surface area contributed by atoms with E-state index in [0.717, 1.165) is 21.6 Å². The molecule has 0 spiro atoms. The Hall–Kier alpha value is -0.480. The molecule has 0 aromatic carbocycles. The molecule has 1 aromatic heterocycles. The van der Waals surface area contributed by atoms with Crippen molar-refractivity contribution in [2.24, 2.45) is 7.05 Å². The minimum absolute atomic E-state index is 0.520. The van der Waals surface area contributed by atoms with E-state index in [2.05, 4.69) is 0 Å². The Morgan fingerprint density at radius 2 is 2.36 bits per heavy atom. The second-order valence-electron chi connectivity index (χ2n) is 2.02. The number of hydrogen-bond donors (Lipinski definition) is 0. The zero-order valence-electron chi connectivity index (χ0n) is 5.67. The minimum Gasteiger partial charge on any atom is -0.315 e. The van der Waals surface area contributed by atoms with Crippen LogP contribution in [0.25, 0.3) is 0 Å². The molecule has 0 aliphatic carbocycles. The third kappa shape index (κ3) is 1.75. The predicted molar refractivity (Wildman–Crippen MR) is 43.4 cm³/mol. The van der Waals surface area contributed by atoms with Crippen molar-refractivity contribution < 1.29 is 4.39 Å². The SMILES string of the molecule is Cn1cc(SCl)cc(F)c1=O. The van der Waals surface area contributed by atoms with Crippen LogP contribution in [0, 0.1) is 5.82 Å². The van der Waals surface area contributed by atoms with Crippen molar-refractivity contribution in [2.75, 3.05) is 0 Å². The summed E-state index contributed by atoms with van der Waals surface area (Å²) in [4.78, 5) is 11.3. The van der Waals surface area contributed by atoms with E-state index in [0.29, 0.717) is 4.90 Å². The van der Waals surface area contributed by atoms with Gasteiger partial charge in [0, 0.05) is 18.1 Å². The molecule has 0 N–H and O–H groups in total. The lowest BCUT2D eigenvalue weighted by atomic mass is 10.4. The molecule has 0 aliphatic heterocycles. The predicted octanol–water partition coefficient (Wildman–Crippen LogP) is 1.77. The van der Waals surface area contributed by atoms with E-state index in [-0.39, 0.29) is 0 Å². The van der Waals surface area contributed by atoms with Gasteiger partial charge in [0.1, 0.15) is 0 Å². The van der Waals surface area contributed by atoms with Gasteiger partial charge in [-0.25, -0.2) is 4.39 Å². The second-order valence-corrected chi connectivity index (χ2v) is 3.11. The molecule has 0 saturated heterocycles. The van der Waals surface area contributed by atoms with Gasteiger partial charge in [-0.3, -0.25) is 4.79 Å². The highest BCUT2D eigenvalue weighted by Gasteiger charge is 2.02. The molecule has 0 saturated carbocycles. The summed E-state index contributed by atoms with van der Waals surface area (Å²) < 4.78 is 13.8. The number of aryl methyl sites for hydroxylation is 1. The third-order valence-electron chi connectivity index (χ3n) is 1.20. The van der Waals surface area contributed by atoms with Gasteiger partial charge in [0.2, 0.25) is 0 Å². The van der Waals surface area contributed by atoms with Gasteiger partial charge in [-0.2, -0.15) is 0 Å². The summed E-state index contributed by atoms with van der Waals surface area (Å²) in [6.45, 7) is 0. The Kier molecular flexibility index (Phi) is 2.57. The molecule has 60 valence electrons. The van der Waals surface area contributed by atoms with E-state index < -0.39 is 11.4 Å². The molecule has 5 heteroatoms. The van der Waals surface area contributed by atoms with Gasteiger partial charge >= 0.3 is 0 Å². The molecule has 0 bridgehead atoms. The van der Waals surface area contributed by atoms with Gasteiger partial charge in [-0.05, 0) is 27.7 Å². The number of rotatable bonds is 1. The van der Waals surface area contributed by atoms with Crippen molar-refractivity contribution in [2.45, 2.75) is 4.90 Å². The summed E-state index contributed by atoms with van der Waals surface area (Å²) in [5.74, 6) is -0.779. The Balaban J connectivity index is 3.32. The van der Waals surface area contributed by atoms with Crippen molar-refractivity contribution in [3.8, 4) is 0 Å². The molecule has 0 aliphatic rings.